The number of sulfonamides is 1. The molecule has 0 saturated heterocycles. The van der Waals surface area contributed by atoms with Crippen LogP contribution in [0, 0.1) is 0 Å². The SMILES string of the molecule is CN(Cc1ccccc1)S(=O)(=O)c1cc(-c2noc(C3CCCC3)n2)cs1. The lowest BCUT2D eigenvalue weighted by molar-refractivity contribution is 0.354. The second-order valence-corrected chi connectivity index (χ2v) is 10.0. The molecule has 6 nitrogen and oxygen atoms in total. The first kappa shape index (κ1) is 18.3. The zero-order valence-electron chi connectivity index (χ0n) is 15.0. The molecule has 1 aromatic carbocycles. The number of aromatic nitrogens is 2. The van der Waals surface area contributed by atoms with Crippen molar-refractivity contribution < 1.29 is 12.9 Å². The van der Waals surface area contributed by atoms with Gasteiger partial charge in [0.25, 0.3) is 10.0 Å². The lowest BCUT2D eigenvalue weighted by atomic mass is 10.1. The van der Waals surface area contributed by atoms with Gasteiger partial charge in [-0.25, -0.2) is 8.42 Å². The maximum Gasteiger partial charge on any atom is 0.252 e. The van der Waals surface area contributed by atoms with Crippen LogP contribution in [0.25, 0.3) is 11.4 Å². The number of rotatable bonds is 6. The minimum absolute atomic E-state index is 0.281. The van der Waals surface area contributed by atoms with Gasteiger partial charge in [0, 0.05) is 30.5 Å². The lowest BCUT2D eigenvalue weighted by Gasteiger charge is -2.15. The highest BCUT2D eigenvalue weighted by atomic mass is 32.2. The van der Waals surface area contributed by atoms with Crippen LogP contribution in [0.4, 0.5) is 0 Å². The van der Waals surface area contributed by atoms with Gasteiger partial charge in [0.05, 0.1) is 0 Å². The van der Waals surface area contributed by atoms with Gasteiger partial charge in [-0.15, -0.1) is 11.3 Å². The van der Waals surface area contributed by atoms with E-state index in [1.165, 1.54) is 28.5 Å². The molecule has 8 heteroatoms. The molecule has 2 aromatic heterocycles. The Balaban J connectivity index is 1.52. The van der Waals surface area contributed by atoms with E-state index in [1.807, 2.05) is 30.3 Å². The van der Waals surface area contributed by atoms with Crippen molar-refractivity contribution in [2.24, 2.45) is 0 Å². The molecule has 142 valence electrons. The second-order valence-electron chi connectivity index (χ2n) is 6.84. The van der Waals surface area contributed by atoms with Gasteiger partial charge in [0.15, 0.2) is 0 Å². The standard InChI is InChI=1S/C19H21N3O3S2/c1-22(12-14-7-3-2-4-8-14)27(23,24)17-11-16(13-26-17)18-20-19(25-21-18)15-9-5-6-10-15/h2-4,7-8,11,13,15H,5-6,9-10,12H2,1H3. The van der Waals surface area contributed by atoms with Crippen LogP contribution in [-0.4, -0.2) is 29.9 Å². The molecular weight excluding hydrogens is 382 g/mol. The predicted octanol–water partition coefficient (Wildman–Crippen LogP) is 4.28. The molecule has 2 heterocycles. The highest BCUT2D eigenvalue weighted by Crippen LogP contribution is 2.35. The first-order valence-electron chi connectivity index (χ1n) is 8.97. The van der Waals surface area contributed by atoms with Crippen molar-refractivity contribution in [2.45, 2.75) is 42.4 Å². The Bertz CT molecular complexity index is 1010. The van der Waals surface area contributed by atoms with E-state index in [1.54, 1.807) is 18.5 Å². The zero-order chi connectivity index (χ0) is 18.9. The molecule has 0 atom stereocenters. The summed E-state index contributed by atoms with van der Waals surface area (Å²) >= 11 is 1.18. The fraction of sp³-hybridized carbons (Fsp3) is 0.368. The van der Waals surface area contributed by atoms with Gasteiger partial charge in [-0.1, -0.05) is 48.3 Å². The first-order valence-corrected chi connectivity index (χ1v) is 11.3. The molecule has 0 spiro atoms. The normalized spacial score (nSPS) is 15.6. The number of nitrogens with zero attached hydrogens (tertiary/aromatic N) is 3. The Kier molecular flexibility index (Phi) is 5.12. The van der Waals surface area contributed by atoms with Gasteiger partial charge in [0.1, 0.15) is 4.21 Å². The summed E-state index contributed by atoms with van der Waals surface area (Å²) < 4.78 is 32.8. The van der Waals surface area contributed by atoms with E-state index in [9.17, 15) is 8.42 Å². The molecule has 4 rings (SSSR count). The third-order valence-corrected chi connectivity index (χ3v) is 8.11. The molecule has 1 saturated carbocycles. The van der Waals surface area contributed by atoms with Crippen LogP contribution >= 0.6 is 11.3 Å². The minimum atomic E-state index is -3.57. The van der Waals surface area contributed by atoms with E-state index in [-0.39, 0.29) is 4.21 Å². The molecule has 27 heavy (non-hydrogen) atoms. The van der Waals surface area contributed by atoms with E-state index >= 15 is 0 Å². The molecule has 3 aromatic rings. The van der Waals surface area contributed by atoms with Gasteiger partial charge < -0.3 is 4.52 Å². The van der Waals surface area contributed by atoms with E-state index < -0.39 is 10.0 Å². The van der Waals surface area contributed by atoms with Gasteiger partial charge in [-0.05, 0) is 24.5 Å². The van der Waals surface area contributed by atoms with E-state index in [4.69, 9.17) is 4.52 Å². The summed E-state index contributed by atoms with van der Waals surface area (Å²) in [6, 6.07) is 11.2. The molecular formula is C19H21N3O3S2. The quantitative estimate of drug-likeness (QED) is 0.614. The summed E-state index contributed by atoms with van der Waals surface area (Å²) in [5.74, 6) is 1.46. The Morgan fingerprint density at radius 2 is 1.96 bits per heavy atom. The van der Waals surface area contributed by atoms with E-state index in [0.29, 0.717) is 29.7 Å². The van der Waals surface area contributed by atoms with Crippen molar-refractivity contribution in [3.05, 3.63) is 53.2 Å². The molecule has 0 aliphatic heterocycles. The van der Waals surface area contributed by atoms with Crippen molar-refractivity contribution >= 4 is 21.4 Å². The van der Waals surface area contributed by atoms with E-state index in [2.05, 4.69) is 10.1 Å². The lowest BCUT2D eigenvalue weighted by Crippen LogP contribution is -2.25. The zero-order valence-corrected chi connectivity index (χ0v) is 16.7. The van der Waals surface area contributed by atoms with Crippen molar-refractivity contribution in [1.82, 2.24) is 14.4 Å². The summed E-state index contributed by atoms with van der Waals surface area (Å²) in [5, 5.41) is 5.82. The molecule has 1 aliphatic rings. The third kappa shape index (κ3) is 3.83. The van der Waals surface area contributed by atoms with E-state index in [0.717, 1.165) is 18.4 Å². The van der Waals surface area contributed by atoms with Crippen LogP contribution < -0.4 is 0 Å². The molecule has 0 unspecified atom stereocenters. The number of benzene rings is 1. The maximum absolute atomic E-state index is 12.9. The van der Waals surface area contributed by atoms with Crippen molar-refractivity contribution in [1.29, 1.82) is 0 Å². The van der Waals surface area contributed by atoms with Crippen LogP contribution in [0.15, 0.2) is 50.5 Å². The Morgan fingerprint density at radius 3 is 2.70 bits per heavy atom. The Hall–Kier alpha value is -2.03. The summed E-state index contributed by atoms with van der Waals surface area (Å²) in [6.45, 7) is 0.324. The number of hydrogen-bond donors (Lipinski definition) is 0. The summed E-state index contributed by atoms with van der Waals surface area (Å²) in [7, 11) is -1.98. The van der Waals surface area contributed by atoms with Crippen LogP contribution in [0.2, 0.25) is 0 Å². The van der Waals surface area contributed by atoms with Crippen molar-refractivity contribution in [2.75, 3.05) is 7.05 Å². The Morgan fingerprint density at radius 1 is 1.22 bits per heavy atom. The van der Waals surface area contributed by atoms with Crippen LogP contribution in [0.5, 0.6) is 0 Å². The molecule has 0 radical (unpaired) electrons. The van der Waals surface area contributed by atoms with Gasteiger partial charge >= 0.3 is 0 Å². The van der Waals surface area contributed by atoms with Crippen LogP contribution in [0.1, 0.15) is 43.1 Å². The largest absolute Gasteiger partial charge is 0.339 e. The van der Waals surface area contributed by atoms with Crippen LogP contribution in [0.3, 0.4) is 0 Å². The molecule has 0 amide bonds. The highest BCUT2D eigenvalue weighted by molar-refractivity contribution is 7.91. The monoisotopic (exact) mass is 403 g/mol. The average molecular weight is 404 g/mol. The average Bonchev–Trinajstić information content (AvgIpc) is 3.42. The predicted molar refractivity (Wildman–Crippen MR) is 104 cm³/mol. The third-order valence-electron chi connectivity index (χ3n) is 4.89. The summed E-state index contributed by atoms with van der Waals surface area (Å²) in [4.78, 5) is 4.49. The van der Waals surface area contributed by atoms with Gasteiger partial charge in [-0.2, -0.15) is 9.29 Å². The maximum atomic E-state index is 12.9. The summed E-state index contributed by atoms with van der Waals surface area (Å²) in [5.41, 5.74) is 1.62. The van der Waals surface area contributed by atoms with Crippen LogP contribution in [-0.2, 0) is 16.6 Å². The minimum Gasteiger partial charge on any atom is -0.339 e. The highest BCUT2D eigenvalue weighted by Gasteiger charge is 2.26. The Labute approximate surface area is 162 Å². The molecule has 1 fully saturated rings. The molecule has 1 aliphatic carbocycles. The first-order chi connectivity index (χ1) is 13.0. The number of thiophene rings is 1. The number of hydrogen-bond acceptors (Lipinski definition) is 6. The molecule has 0 bridgehead atoms. The second kappa shape index (κ2) is 7.53. The summed E-state index contributed by atoms with van der Waals surface area (Å²) in [6.07, 6.45) is 4.54. The van der Waals surface area contributed by atoms with Crippen molar-refractivity contribution in [3.8, 4) is 11.4 Å². The fourth-order valence-electron chi connectivity index (χ4n) is 3.34. The van der Waals surface area contributed by atoms with Gasteiger partial charge in [-0.3, -0.25) is 0 Å². The fourth-order valence-corrected chi connectivity index (χ4v) is 5.87. The topological polar surface area (TPSA) is 76.3 Å². The smallest absolute Gasteiger partial charge is 0.252 e. The molecule has 0 N–H and O–H groups in total. The van der Waals surface area contributed by atoms with Crippen molar-refractivity contribution in [3.63, 3.8) is 0 Å². The van der Waals surface area contributed by atoms with Gasteiger partial charge in [0.2, 0.25) is 11.7 Å².